The molecule has 0 aliphatic heterocycles. The Kier molecular flexibility index (Phi) is 3.83. The van der Waals surface area contributed by atoms with Gasteiger partial charge in [0, 0.05) is 6.07 Å². The Morgan fingerprint density at radius 2 is 2.20 bits per heavy atom. The molecule has 5 nitrogen and oxygen atoms in total. The fourth-order valence-electron chi connectivity index (χ4n) is 0.871. The molecule has 0 saturated heterocycles. The fourth-order valence-corrected chi connectivity index (χ4v) is 1.22. The van der Waals surface area contributed by atoms with E-state index in [1.807, 2.05) is 0 Å². The van der Waals surface area contributed by atoms with Crippen LogP contribution in [0.2, 0.25) is 0 Å². The minimum absolute atomic E-state index is 0.201. The first-order valence-electron chi connectivity index (χ1n) is 3.97. The molecule has 0 aromatic heterocycles. The van der Waals surface area contributed by atoms with Crippen LogP contribution in [-0.2, 0) is 0 Å². The van der Waals surface area contributed by atoms with Crippen LogP contribution in [0.1, 0.15) is 0 Å². The van der Waals surface area contributed by atoms with Crippen LogP contribution in [0, 0.1) is 11.5 Å². The Morgan fingerprint density at radius 3 is 2.73 bits per heavy atom. The van der Waals surface area contributed by atoms with E-state index in [2.05, 4.69) is 10.3 Å². The number of phenols is 2. The Morgan fingerprint density at radius 1 is 1.47 bits per heavy atom. The van der Waals surface area contributed by atoms with Gasteiger partial charge in [-0.2, -0.15) is 5.26 Å². The molecule has 0 spiro atoms. The van der Waals surface area contributed by atoms with Gasteiger partial charge >= 0.3 is 0 Å². The van der Waals surface area contributed by atoms with Crippen LogP contribution in [0.4, 0.5) is 5.69 Å². The van der Waals surface area contributed by atoms with Gasteiger partial charge in [0.1, 0.15) is 0 Å². The van der Waals surface area contributed by atoms with Crippen LogP contribution >= 0.6 is 11.8 Å². The smallest absolute Gasteiger partial charge is 0.183 e. The van der Waals surface area contributed by atoms with Crippen molar-refractivity contribution in [2.45, 2.75) is 0 Å². The third-order valence-corrected chi connectivity index (χ3v) is 2.13. The highest BCUT2D eigenvalue weighted by Crippen LogP contribution is 2.29. The largest absolute Gasteiger partial charge is 0.504 e. The van der Waals surface area contributed by atoms with Gasteiger partial charge in [0.15, 0.2) is 22.9 Å². The summed E-state index contributed by atoms with van der Waals surface area (Å²) in [5.74, 6) is -0.443. The average Bonchev–Trinajstić information content (AvgIpc) is 2.23. The summed E-state index contributed by atoms with van der Waals surface area (Å²) >= 11 is 1.27. The van der Waals surface area contributed by atoms with Gasteiger partial charge in [-0.05, 0) is 18.4 Å². The molecule has 0 heterocycles. The van der Waals surface area contributed by atoms with Crippen LogP contribution in [-0.4, -0.2) is 21.6 Å². The Balaban J connectivity index is 2.97. The lowest BCUT2D eigenvalue weighted by molar-refractivity contribution is 0.404. The van der Waals surface area contributed by atoms with Crippen LogP contribution < -0.4 is 5.32 Å². The van der Waals surface area contributed by atoms with Gasteiger partial charge in [-0.3, -0.25) is 5.32 Å². The molecule has 0 fully saturated rings. The number of nitriles is 1. The van der Waals surface area contributed by atoms with Crippen molar-refractivity contribution in [3.05, 3.63) is 18.2 Å². The van der Waals surface area contributed by atoms with Crippen molar-refractivity contribution in [1.29, 1.82) is 5.26 Å². The molecule has 1 aromatic carbocycles. The third kappa shape index (κ3) is 3.07. The van der Waals surface area contributed by atoms with Gasteiger partial charge in [-0.1, -0.05) is 11.8 Å². The van der Waals surface area contributed by atoms with Crippen molar-refractivity contribution in [3.63, 3.8) is 0 Å². The lowest BCUT2D eigenvalue weighted by atomic mass is 10.3. The number of rotatable bonds is 1. The van der Waals surface area contributed by atoms with Crippen LogP contribution in [0.5, 0.6) is 11.5 Å². The molecular formula is C9H9N3O2S. The number of phenolic OH excluding ortho intramolecular Hbond substituents is 2. The predicted molar refractivity (Wildman–Crippen MR) is 59.1 cm³/mol. The fraction of sp³-hybridized carbons (Fsp3) is 0.111. The molecule has 0 unspecified atom stereocenters. The molecule has 0 atom stereocenters. The number of aliphatic imine (C=N–C) groups is 1. The topological polar surface area (TPSA) is 88.6 Å². The first-order valence-corrected chi connectivity index (χ1v) is 5.19. The third-order valence-electron chi connectivity index (χ3n) is 1.55. The molecule has 3 N–H and O–H groups in total. The lowest BCUT2D eigenvalue weighted by Gasteiger charge is -2.01. The lowest BCUT2D eigenvalue weighted by Crippen LogP contribution is -2.12. The van der Waals surface area contributed by atoms with Gasteiger partial charge in [0.2, 0.25) is 0 Å². The van der Waals surface area contributed by atoms with Crippen molar-refractivity contribution in [3.8, 4) is 17.7 Å². The molecule has 0 aliphatic rings. The number of nitrogens with zero attached hydrogens (tertiary/aromatic N) is 2. The minimum Gasteiger partial charge on any atom is -0.504 e. The number of thioether (sulfide) groups is 1. The summed E-state index contributed by atoms with van der Waals surface area (Å²) in [5, 5.41) is 29.5. The van der Waals surface area contributed by atoms with E-state index in [1.54, 1.807) is 12.4 Å². The predicted octanol–water partition coefficient (Wildman–Crippen LogP) is 1.52. The summed E-state index contributed by atoms with van der Waals surface area (Å²) in [6.45, 7) is 0. The van der Waals surface area contributed by atoms with Crippen LogP contribution in [0.3, 0.4) is 0 Å². The molecule has 6 heteroatoms. The first kappa shape index (κ1) is 11.2. The van der Waals surface area contributed by atoms with E-state index in [9.17, 15) is 5.11 Å². The van der Waals surface area contributed by atoms with E-state index >= 15 is 0 Å². The average molecular weight is 223 g/mol. The maximum Gasteiger partial charge on any atom is 0.183 e. The zero-order valence-electron chi connectivity index (χ0n) is 7.93. The first-order chi connectivity index (χ1) is 7.17. The van der Waals surface area contributed by atoms with Crippen molar-refractivity contribution >= 4 is 22.6 Å². The molecule has 1 rings (SSSR count). The van der Waals surface area contributed by atoms with Gasteiger partial charge in [0.25, 0.3) is 0 Å². The Bertz CT molecular complexity index is 426. The summed E-state index contributed by atoms with van der Waals surface area (Å²) in [4.78, 5) is 4.04. The highest BCUT2D eigenvalue weighted by molar-refractivity contribution is 8.13. The second kappa shape index (κ2) is 5.12. The summed E-state index contributed by atoms with van der Waals surface area (Å²) in [5.41, 5.74) is 0.456. The molecule has 78 valence electrons. The second-order valence-electron chi connectivity index (χ2n) is 2.53. The van der Waals surface area contributed by atoms with Crippen molar-refractivity contribution in [1.82, 2.24) is 5.32 Å². The number of nitrogens with one attached hydrogen (secondary N) is 1. The van der Waals surface area contributed by atoms with Crippen LogP contribution in [0.25, 0.3) is 0 Å². The highest BCUT2D eigenvalue weighted by atomic mass is 32.2. The van der Waals surface area contributed by atoms with Gasteiger partial charge < -0.3 is 10.2 Å². The van der Waals surface area contributed by atoms with Gasteiger partial charge in [0.05, 0.1) is 5.69 Å². The molecule has 15 heavy (non-hydrogen) atoms. The summed E-state index contributed by atoms with van der Waals surface area (Å²) in [7, 11) is 0. The Hall–Kier alpha value is -1.87. The van der Waals surface area contributed by atoms with Crippen LogP contribution in [0.15, 0.2) is 23.2 Å². The molecule has 0 amide bonds. The van der Waals surface area contributed by atoms with Crippen molar-refractivity contribution in [2.24, 2.45) is 4.99 Å². The monoisotopic (exact) mass is 223 g/mol. The van der Waals surface area contributed by atoms with E-state index in [1.165, 1.54) is 30.0 Å². The number of hydrogen-bond acceptors (Lipinski definition) is 5. The van der Waals surface area contributed by atoms with E-state index in [0.29, 0.717) is 10.9 Å². The maximum atomic E-state index is 9.20. The summed E-state index contributed by atoms with van der Waals surface area (Å²) in [6, 6.07) is 4.17. The normalized spacial score (nSPS) is 10.8. The molecule has 0 bridgehead atoms. The number of hydrogen-bond donors (Lipinski definition) is 3. The highest BCUT2D eigenvalue weighted by Gasteiger charge is 2.01. The van der Waals surface area contributed by atoms with Crippen molar-refractivity contribution < 1.29 is 10.2 Å². The molecule has 1 aromatic rings. The number of aromatic hydroxyl groups is 2. The molecule has 0 saturated carbocycles. The zero-order valence-corrected chi connectivity index (χ0v) is 8.75. The molecule has 0 radical (unpaired) electrons. The van der Waals surface area contributed by atoms with E-state index in [-0.39, 0.29) is 11.5 Å². The quantitative estimate of drug-likeness (QED) is 0.221. The Labute approximate surface area is 91.1 Å². The second-order valence-corrected chi connectivity index (χ2v) is 3.33. The SMILES string of the molecule is CSC(=Nc1ccc(O)c(O)c1)NC#N. The van der Waals surface area contributed by atoms with Crippen molar-refractivity contribution in [2.75, 3.05) is 6.26 Å². The van der Waals surface area contributed by atoms with E-state index in [4.69, 9.17) is 10.4 Å². The summed E-state index contributed by atoms with van der Waals surface area (Å²) in [6.07, 6.45) is 3.52. The van der Waals surface area contributed by atoms with E-state index in [0.717, 1.165) is 0 Å². The molecule has 0 aliphatic carbocycles. The maximum absolute atomic E-state index is 9.20. The van der Waals surface area contributed by atoms with Gasteiger partial charge in [-0.15, -0.1) is 0 Å². The van der Waals surface area contributed by atoms with Gasteiger partial charge in [-0.25, -0.2) is 4.99 Å². The standard InChI is InChI=1S/C9H9N3O2S/c1-15-9(11-5-10)12-6-2-3-7(13)8(14)4-6/h2-4,13-14H,1H3,(H,11,12). The van der Waals surface area contributed by atoms with E-state index < -0.39 is 0 Å². The molecular weight excluding hydrogens is 214 g/mol. The zero-order chi connectivity index (χ0) is 11.3. The number of benzene rings is 1. The summed E-state index contributed by atoms with van der Waals surface area (Å²) < 4.78 is 0. The minimum atomic E-state index is -0.242. The number of amidine groups is 1.